The number of amides is 1. The minimum Gasteiger partial charge on any atom is -0.300 e. The molecule has 1 fully saturated rings. The molecular formula is C18H23ClN4O3S3. The molecule has 0 unspecified atom stereocenters. The Labute approximate surface area is 184 Å². The Hall–Kier alpha value is -1.20. The smallest absolute Gasteiger partial charge is 0.230 e. The van der Waals surface area contributed by atoms with Crippen molar-refractivity contribution in [3.05, 3.63) is 34.9 Å². The molecule has 2 heterocycles. The van der Waals surface area contributed by atoms with E-state index in [9.17, 15) is 13.2 Å². The standard InChI is InChI=1S/C18H23ClN4O3S3/c1-2-10-27-18-22-21-17(28-18)20-16(24)14-4-3-9-23(11-14)29(25,26)12-13-5-7-15(19)8-6-13/h5-8,14H,2-4,9-12H2,1H3,(H,20,21,24)/t14-/m0/s1. The number of carbonyl (C=O) groups excluding carboxylic acids is 1. The third-order valence-corrected chi connectivity index (χ3v) is 8.72. The Morgan fingerprint density at radius 1 is 1.34 bits per heavy atom. The van der Waals surface area contributed by atoms with E-state index in [2.05, 4.69) is 22.4 Å². The number of benzene rings is 1. The van der Waals surface area contributed by atoms with Crippen molar-refractivity contribution in [3.63, 3.8) is 0 Å². The highest BCUT2D eigenvalue weighted by molar-refractivity contribution is 8.01. The fraction of sp³-hybridized carbons (Fsp3) is 0.500. The zero-order valence-corrected chi connectivity index (χ0v) is 19.2. The van der Waals surface area contributed by atoms with Crippen LogP contribution >= 0.6 is 34.7 Å². The summed E-state index contributed by atoms with van der Waals surface area (Å²) < 4.78 is 27.8. The lowest BCUT2D eigenvalue weighted by Gasteiger charge is -2.31. The van der Waals surface area contributed by atoms with Gasteiger partial charge in [0.1, 0.15) is 0 Å². The third-order valence-electron chi connectivity index (χ3n) is 4.48. The first kappa shape index (κ1) is 22.5. The molecule has 1 aromatic heterocycles. The van der Waals surface area contributed by atoms with Gasteiger partial charge in [-0.3, -0.25) is 4.79 Å². The summed E-state index contributed by atoms with van der Waals surface area (Å²) in [4.78, 5) is 12.6. The van der Waals surface area contributed by atoms with Crippen LogP contribution in [-0.2, 0) is 20.6 Å². The molecule has 1 atom stereocenters. The number of piperidine rings is 1. The highest BCUT2D eigenvalue weighted by Crippen LogP contribution is 2.27. The van der Waals surface area contributed by atoms with Crippen molar-refractivity contribution >= 4 is 55.8 Å². The van der Waals surface area contributed by atoms with E-state index in [-0.39, 0.29) is 18.2 Å². The number of rotatable bonds is 8. The average molecular weight is 475 g/mol. The van der Waals surface area contributed by atoms with Gasteiger partial charge in [0.05, 0.1) is 11.7 Å². The second-order valence-electron chi connectivity index (χ2n) is 6.79. The van der Waals surface area contributed by atoms with Crippen LogP contribution < -0.4 is 5.32 Å². The largest absolute Gasteiger partial charge is 0.300 e. The fourth-order valence-corrected chi connectivity index (χ4v) is 6.42. The van der Waals surface area contributed by atoms with Crippen LogP contribution in [0.15, 0.2) is 28.6 Å². The molecule has 1 aliphatic rings. The number of carbonyl (C=O) groups is 1. The van der Waals surface area contributed by atoms with Crippen molar-refractivity contribution in [1.82, 2.24) is 14.5 Å². The minimum absolute atomic E-state index is 0.104. The van der Waals surface area contributed by atoms with Crippen LogP contribution in [0.3, 0.4) is 0 Å². The van der Waals surface area contributed by atoms with E-state index < -0.39 is 15.9 Å². The summed E-state index contributed by atoms with van der Waals surface area (Å²) in [6, 6.07) is 6.76. The number of hydrogen-bond acceptors (Lipinski definition) is 7. The number of thioether (sulfide) groups is 1. The monoisotopic (exact) mass is 474 g/mol. The molecule has 0 aliphatic carbocycles. The summed E-state index contributed by atoms with van der Waals surface area (Å²) >= 11 is 8.81. The molecule has 11 heteroatoms. The van der Waals surface area contributed by atoms with Gasteiger partial charge in [0.15, 0.2) is 4.34 Å². The molecule has 2 aromatic rings. The quantitative estimate of drug-likeness (QED) is 0.461. The molecule has 1 N–H and O–H groups in total. The van der Waals surface area contributed by atoms with Crippen molar-refractivity contribution in [1.29, 1.82) is 0 Å². The van der Waals surface area contributed by atoms with Crippen LogP contribution in [0.2, 0.25) is 5.02 Å². The maximum absolute atomic E-state index is 12.8. The summed E-state index contributed by atoms with van der Waals surface area (Å²) in [5, 5.41) is 11.9. The predicted molar refractivity (Wildman–Crippen MR) is 118 cm³/mol. The average Bonchev–Trinajstić information content (AvgIpc) is 3.15. The number of nitrogens with zero attached hydrogens (tertiary/aromatic N) is 3. The van der Waals surface area contributed by atoms with Crippen LogP contribution in [0.25, 0.3) is 0 Å². The van der Waals surface area contributed by atoms with Crippen LogP contribution in [-0.4, -0.2) is 47.7 Å². The maximum atomic E-state index is 12.8. The normalized spacial score (nSPS) is 17.9. The highest BCUT2D eigenvalue weighted by Gasteiger charge is 2.32. The minimum atomic E-state index is -3.51. The Morgan fingerprint density at radius 3 is 2.83 bits per heavy atom. The second kappa shape index (κ2) is 10.2. The highest BCUT2D eigenvalue weighted by atomic mass is 35.5. The molecule has 158 valence electrons. The summed E-state index contributed by atoms with van der Waals surface area (Å²) in [5.41, 5.74) is 0.673. The number of nitrogens with one attached hydrogen (secondary N) is 1. The Balaban J connectivity index is 1.59. The van der Waals surface area contributed by atoms with E-state index in [1.54, 1.807) is 36.0 Å². The van der Waals surface area contributed by atoms with Crippen molar-refractivity contribution in [2.75, 3.05) is 24.2 Å². The van der Waals surface area contributed by atoms with Gasteiger partial charge in [-0.15, -0.1) is 10.2 Å². The molecule has 3 rings (SSSR count). The van der Waals surface area contributed by atoms with Gasteiger partial charge in [0.25, 0.3) is 0 Å². The molecule has 1 saturated heterocycles. The molecule has 1 amide bonds. The molecule has 0 radical (unpaired) electrons. The van der Waals surface area contributed by atoms with Crippen molar-refractivity contribution in [2.45, 2.75) is 36.3 Å². The van der Waals surface area contributed by atoms with Gasteiger partial charge >= 0.3 is 0 Å². The maximum Gasteiger partial charge on any atom is 0.230 e. The van der Waals surface area contributed by atoms with E-state index in [1.165, 1.54) is 15.6 Å². The van der Waals surface area contributed by atoms with Crippen molar-refractivity contribution < 1.29 is 13.2 Å². The SMILES string of the molecule is CCCSc1nnc(NC(=O)[C@H]2CCCN(S(=O)(=O)Cc3ccc(Cl)cc3)C2)s1. The zero-order chi connectivity index (χ0) is 20.9. The first-order chi connectivity index (χ1) is 13.9. The van der Waals surface area contributed by atoms with E-state index in [0.717, 1.165) is 16.5 Å². The molecule has 0 saturated carbocycles. The first-order valence-corrected chi connectivity index (χ1v) is 13.2. The van der Waals surface area contributed by atoms with Crippen molar-refractivity contribution in [2.24, 2.45) is 5.92 Å². The lowest BCUT2D eigenvalue weighted by Crippen LogP contribution is -2.44. The van der Waals surface area contributed by atoms with Crippen LogP contribution in [0.1, 0.15) is 31.7 Å². The molecule has 0 bridgehead atoms. The molecule has 0 spiro atoms. The number of aromatic nitrogens is 2. The first-order valence-electron chi connectivity index (χ1n) is 9.37. The molecule has 7 nitrogen and oxygen atoms in total. The molecule has 29 heavy (non-hydrogen) atoms. The summed E-state index contributed by atoms with van der Waals surface area (Å²) in [7, 11) is -3.51. The Kier molecular flexibility index (Phi) is 7.92. The lowest BCUT2D eigenvalue weighted by atomic mass is 9.99. The lowest BCUT2D eigenvalue weighted by molar-refractivity contribution is -0.120. The Morgan fingerprint density at radius 2 is 2.10 bits per heavy atom. The van der Waals surface area contributed by atoms with Gasteiger partial charge in [0, 0.05) is 23.9 Å². The zero-order valence-electron chi connectivity index (χ0n) is 16.0. The predicted octanol–water partition coefficient (Wildman–Crippen LogP) is 3.87. The summed E-state index contributed by atoms with van der Waals surface area (Å²) in [6.07, 6.45) is 2.33. The summed E-state index contributed by atoms with van der Waals surface area (Å²) in [6.45, 7) is 2.70. The van der Waals surface area contributed by atoms with Crippen LogP contribution in [0.5, 0.6) is 0 Å². The van der Waals surface area contributed by atoms with Gasteiger partial charge in [0.2, 0.25) is 21.1 Å². The second-order valence-corrected chi connectivity index (χ2v) is 11.5. The molecular weight excluding hydrogens is 452 g/mol. The van der Waals surface area contributed by atoms with E-state index in [1.807, 2.05) is 0 Å². The summed E-state index contributed by atoms with van der Waals surface area (Å²) in [5.74, 6) is 0.234. The number of halogens is 1. The van der Waals surface area contributed by atoms with E-state index in [4.69, 9.17) is 11.6 Å². The number of hydrogen-bond donors (Lipinski definition) is 1. The van der Waals surface area contributed by atoms with Gasteiger partial charge in [-0.2, -0.15) is 0 Å². The molecule has 1 aliphatic heterocycles. The van der Waals surface area contributed by atoms with Gasteiger partial charge in [-0.05, 0) is 37.0 Å². The molecule has 1 aromatic carbocycles. The van der Waals surface area contributed by atoms with Crippen LogP contribution in [0.4, 0.5) is 5.13 Å². The third kappa shape index (κ3) is 6.39. The van der Waals surface area contributed by atoms with Gasteiger partial charge in [-0.1, -0.05) is 53.8 Å². The number of anilines is 1. The van der Waals surface area contributed by atoms with E-state index in [0.29, 0.717) is 35.1 Å². The fourth-order valence-electron chi connectivity index (χ4n) is 3.01. The van der Waals surface area contributed by atoms with Crippen LogP contribution in [0, 0.1) is 5.92 Å². The Bertz CT molecular complexity index is 934. The van der Waals surface area contributed by atoms with Crippen molar-refractivity contribution in [3.8, 4) is 0 Å². The number of sulfonamides is 1. The topological polar surface area (TPSA) is 92.3 Å². The van der Waals surface area contributed by atoms with Gasteiger partial charge < -0.3 is 5.32 Å². The van der Waals surface area contributed by atoms with Gasteiger partial charge in [-0.25, -0.2) is 12.7 Å². The van der Waals surface area contributed by atoms with E-state index >= 15 is 0 Å².